The topological polar surface area (TPSA) is 9.23 Å². The van der Waals surface area contributed by atoms with Gasteiger partial charge >= 0.3 is 0 Å². The Morgan fingerprint density at radius 1 is 0.829 bits per heavy atom. The first-order chi connectivity index (χ1) is 17.0. The van der Waals surface area contributed by atoms with Crippen LogP contribution < -0.4 is 4.74 Å². The van der Waals surface area contributed by atoms with Crippen molar-refractivity contribution in [3.8, 4) is 16.9 Å². The van der Waals surface area contributed by atoms with Gasteiger partial charge in [0.2, 0.25) is 0 Å². The van der Waals surface area contributed by atoms with E-state index in [1.54, 1.807) is 48.5 Å². The molecule has 4 heteroatoms. The highest BCUT2D eigenvalue weighted by Gasteiger charge is 2.26. The van der Waals surface area contributed by atoms with E-state index < -0.39 is 11.6 Å². The van der Waals surface area contributed by atoms with Gasteiger partial charge in [0.05, 0.1) is 0 Å². The number of aryl methyl sites for hydroxylation is 1. The minimum Gasteiger partial charge on any atom is -0.489 e. The third-order valence-electron chi connectivity index (χ3n) is 7.47. The Bertz CT molecular complexity index is 1110. The molecule has 1 saturated carbocycles. The Balaban J connectivity index is 1.41. The predicted octanol–water partition coefficient (Wildman–Crippen LogP) is 9.38. The molecule has 0 radical (unpaired) electrons. The van der Waals surface area contributed by atoms with E-state index in [9.17, 15) is 8.78 Å². The highest BCUT2D eigenvalue weighted by Crippen LogP contribution is 2.39. The van der Waals surface area contributed by atoms with Crippen molar-refractivity contribution in [1.29, 1.82) is 0 Å². The van der Waals surface area contributed by atoms with E-state index in [-0.39, 0.29) is 23.9 Å². The van der Waals surface area contributed by atoms with Gasteiger partial charge in [-0.05, 0) is 85.3 Å². The van der Waals surface area contributed by atoms with E-state index in [2.05, 4.69) is 13.8 Å². The van der Waals surface area contributed by atoms with E-state index in [0.29, 0.717) is 28.4 Å². The summed E-state index contributed by atoms with van der Waals surface area (Å²) in [5, 5.41) is 0. The summed E-state index contributed by atoms with van der Waals surface area (Å²) in [5.41, 5.74) is 2.82. The fraction of sp³-hybridized carbons (Fsp3) is 0.419. The maximum atomic E-state index is 15.0. The standard InChI is InChI=1S/C31H35F3O/c1-3-5-6-22-9-12-25(29(32)19-22)20-35-26-15-13-24(14-16-26)28-18-17-27(30(33)31(28)34)23-10-7-21(4-2)8-11-23/h9,12-19,21,23H,3-8,10-11,20H2,1-2H3. The number of ether oxygens (including phenoxy) is 1. The Labute approximate surface area is 207 Å². The van der Waals surface area contributed by atoms with Gasteiger partial charge in [0, 0.05) is 11.1 Å². The van der Waals surface area contributed by atoms with Crippen LogP contribution in [0.1, 0.15) is 81.4 Å². The van der Waals surface area contributed by atoms with E-state index in [1.165, 1.54) is 0 Å². The average Bonchev–Trinajstić information content (AvgIpc) is 2.89. The van der Waals surface area contributed by atoms with Crippen LogP contribution in [0.25, 0.3) is 11.1 Å². The van der Waals surface area contributed by atoms with Crippen LogP contribution >= 0.6 is 0 Å². The van der Waals surface area contributed by atoms with Crippen molar-refractivity contribution < 1.29 is 17.9 Å². The summed E-state index contributed by atoms with van der Waals surface area (Å²) in [4.78, 5) is 0. The molecule has 3 aromatic rings. The molecule has 186 valence electrons. The minimum atomic E-state index is -0.793. The van der Waals surface area contributed by atoms with E-state index in [4.69, 9.17) is 4.74 Å². The van der Waals surface area contributed by atoms with Crippen LogP contribution in [0, 0.1) is 23.4 Å². The van der Waals surface area contributed by atoms with Crippen LogP contribution in [0.4, 0.5) is 13.2 Å². The normalized spacial score (nSPS) is 18.0. The lowest BCUT2D eigenvalue weighted by Crippen LogP contribution is -2.14. The van der Waals surface area contributed by atoms with Crippen LogP contribution in [0.3, 0.4) is 0 Å². The minimum absolute atomic E-state index is 0.0956. The number of hydrogen-bond acceptors (Lipinski definition) is 1. The largest absolute Gasteiger partial charge is 0.489 e. The van der Waals surface area contributed by atoms with Gasteiger partial charge in [0.1, 0.15) is 18.2 Å². The Morgan fingerprint density at radius 2 is 1.57 bits per heavy atom. The van der Waals surface area contributed by atoms with Crippen molar-refractivity contribution >= 4 is 0 Å². The SMILES string of the molecule is CCCCc1ccc(COc2ccc(-c3ccc(C4CCC(CC)CC4)c(F)c3F)cc2)c(F)c1. The van der Waals surface area contributed by atoms with Gasteiger partial charge in [-0.15, -0.1) is 0 Å². The van der Waals surface area contributed by atoms with Gasteiger partial charge in [-0.3, -0.25) is 0 Å². The molecule has 0 heterocycles. The molecule has 0 N–H and O–H groups in total. The van der Waals surface area contributed by atoms with Crippen molar-refractivity contribution in [3.63, 3.8) is 0 Å². The highest BCUT2D eigenvalue weighted by molar-refractivity contribution is 5.65. The van der Waals surface area contributed by atoms with Crippen LogP contribution in [-0.2, 0) is 13.0 Å². The number of rotatable bonds is 9. The zero-order valence-corrected chi connectivity index (χ0v) is 20.8. The summed E-state index contributed by atoms with van der Waals surface area (Å²) in [6.07, 6.45) is 8.13. The summed E-state index contributed by atoms with van der Waals surface area (Å²) in [5.74, 6) is -0.428. The van der Waals surface area contributed by atoms with E-state index in [0.717, 1.165) is 56.9 Å². The monoisotopic (exact) mass is 480 g/mol. The maximum Gasteiger partial charge on any atom is 0.166 e. The highest BCUT2D eigenvalue weighted by atomic mass is 19.2. The molecule has 1 fully saturated rings. The van der Waals surface area contributed by atoms with Crippen molar-refractivity contribution in [2.24, 2.45) is 5.92 Å². The van der Waals surface area contributed by atoms with E-state index >= 15 is 4.39 Å². The molecule has 0 unspecified atom stereocenters. The molecule has 3 aromatic carbocycles. The van der Waals surface area contributed by atoms with Crippen molar-refractivity contribution in [3.05, 3.63) is 88.7 Å². The molecule has 0 aliphatic heterocycles. The second-order valence-electron chi connectivity index (χ2n) is 9.80. The summed E-state index contributed by atoms with van der Waals surface area (Å²) < 4.78 is 50.2. The van der Waals surface area contributed by atoms with Crippen molar-refractivity contribution in [2.75, 3.05) is 0 Å². The summed E-state index contributed by atoms with van der Waals surface area (Å²) in [6.45, 7) is 4.42. The third-order valence-corrected chi connectivity index (χ3v) is 7.47. The maximum absolute atomic E-state index is 15.0. The number of hydrogen-bond donors (Lipinski definition) is 0. The molecule has 0 bridgehead atoms. The lowest BCUT2D eigenvalue weighted by molar-refractivity contribution is 0.300. The Hall–Kier alpha value is -2.75. The molecule has 1 nitrogen and oxygen atoms in total. The van der Waals surface area contributed by atoms with Crippen LogP contribution in [0.15, 0.2) is 54.6 Å². The second kappa shape index (κ2) is 11.8. The fourth-order valence-corrected chi connectivity index (χ4v) is 5.12. The summed E-state index contributed by atoms with van der Waals surface area (Å²) >= 11 is 0. The zero-order chi connectivity index (χ0) is 24.8. The Morgan fingerprint density at radius 3 is 2.23 bits per heavy atom. The first-order valence-corrected chi connectivity index (χ1v) is 13.0. The number of unbranched alkanes of at least 4 members (excludes halogenated alkanes) is 1. The van der Waals surface area contributed by atoms with Crippen LogP contribution in [0.2, 0.25) is 0 Å². The molecule has 0 amide bonds. The van der Waals surface area contributed by atoms with Crippen LogP contribution in [-0.4, -0.2) is 0 Å². The molecule has 1 aliphatic rings. The summed E-state index contributed by atoms with van der Waals surface area (Å²) in [6, 6.07) is 15.6. The second-order valence-corrected chi connectivity index (χ2v) is 9.80. The first kappa shape index (κ1) is 25.3. The fourth-order valence-electron chi connectivity index (χ4n) is 5.12. The lowest BCUT2D eigenvalue weighted by atomic mass is 9.77. The first-order valence-electron chi connectivity index (χ1n) is 13.0. The molecular formula is C31H35F3O. The van der Waals surface area contributed by atoms with Crippen molar-refractivity contribution in [1.82, 2.24) is 0 Å². The molecule has 0 aromatic heterocycles. The number of benzene rings is 3. The molecule has 35 heavy (non-hydrogen) atoms. The third kappa shape index (κ3) is 6.09. The van der Waals surface area contributed by atoms with Gasteiger partial charge in [-0.1, -0.05) is 63.1 Å². The Kier molecular flexibility index (Phi) is 8.54. The van der Waals surface area contributed by atoms with Gasteiger partial charge in [0.25, 0.3) is 0 Å². The number of halogens is 3. The molecular weight excluding hydrogens is 445 g/mol. The van der Waals surface area contributed by atoms with Gasteiger partial charge in [-0.25, -0.2) is 13.2 Å². The summed E-state index contributed by atoms with van der Waals surface area (Å²) in [7, 11) is 0. The average molecular weight is 481 g/mol. The van der Waals surface area contributed by atoms with Gasteiger partial charge < -0.3 is 4.74 Å². The zero-order valence-electron chi connectivity index (χ0n) is 20.8. The van der Waals surface area contributed by atoms with E-state index in [1.807, 2.05) is 6.07 Å². The van der Waals surface area contributed by atoms with Crippen LogP contribution in [0.5, 0.6) is 5.75 Å². The predicted molar refractivity (Wildman–Crippen MR) is 136 cm³/mol. The van der Waals surface area contributed by atoms with Gasteiger partial charge in [-0.2, -0.15) is 0 Å². The molecule has 0 spiro atoms. The molecule has 1 aliphatic carbocycles. The molecule has 4 rings (SSSR count). The molecule has 0 saturated heterocycles. The van der Waals surface area contributed by atoms with Crippen molar-refractivity contribution in [2.45, 2.75) is 77.7 Å². The lowest BCUT2D eigenvalue weighted by Gasteiger charge is -2.28. The molecule has 0 atom stereocenters. The van der Waals surface area contributed by atoms with Gasteiger partial charge in [0.15, 0.2) is 11.6 Å². The smallest absolute Gasteiger partial charge is 0.166 e. The quantitative estimate of drug-likeness (QED) is 0.296.